The van der Waals surface area contributed by atoms with Gasteiger partial charge in [-0.2, -0.15) is 26.3 Å². The maximum Gasteiger partial charge on any atom is 0.490 e. The first-order valence-electron chi connectivity index (χ1n) is 13.7. The Morgan fingerprint density at radius 3 is 2.11 bits per heavy atom. The van der Waals surface area contributed by atoms with E-state index in [1.807, 2.05) is 6.20 Å². The number of halogens is 6. The number of alkyl halides is 6. The number of aliphatic carboxylic acids is 2. The zero-order chi connectivity index (χ0) is 33.7. The SMILES string of the molecule is Cc1ccc2ncc(CN3CCC4(CC3)CC(NC(=O)c3nnsc3C(C)C)C4)n2c1.O=C(O)C(F)(F)F.O=C(O)C(F)(F)F. The van der Waals surface area contributed by atoms with E-state index in [0.29, 0.717) is 11.1 Å². The number of nitrogens with zero attached hydrogens (tertiary/aromatic N) is 5. The summed E-state index contributed by atoms with van der Waals surface area (Å²) in [6, 6.07) is 4.46. The Balaban J connectivity index is 0.000000331. The third-order valence-corrected chi connectivity index (χ3v) is 8.49. The van der Waals surface area contributed by atoms with Crippen LogP contribution in [0, 0.1) is 12.3 Å². The van der Waals surface area contributed by atoms with Crippen molar-refractivity contribution in [1.82, 2.24) is 29.2 Å². The lowest BCUT2D eigenvalue weighted by molar-refractivity contribution is -0.193. The van der Waals surface area contributed by atoms with Crippen molar-refractivity contribution in [2.75, 3.05) is 13.1 Å². The zero-order valence-corrected chi connectivity index (χ0v) is 25.3. The minimum absolute atomic E-state index is 0.0577. The van der Waals surface area contributed by atoms with Crippen LogP contribution in [0.5, 0.6) is 0 Å². The molecule has 1 aliphatic carbocycles. The van der Waals surface area contributed by atoms with Gasteiger partial charge in [0.15, 0.2) is 5.69 Å². The predicted octanol–water partition coefficient (Wildman–Crippen LogP) is 5.06. The number of hydrogen-bond acceptors (Lipinski definition) is 8. The molecule has 0 bridgehead atoms. The summed E-state index contributed by atoms with van der Waals surface area (Å²) in [5.74, 6) is -5.30. The van der Waals surface area contributed by atoms with Crippen molar-refractivity contribution in [3.8, 4) is 0 Å². The van der Waals surface area contributed by atoms with Gasteiger partial charge in [0.25, 0.3) is 5.91 Å². The van der Waals surface area contributed by atoms with Gasteiger partial charge in [-0.1, -0.05) is 24.4 Å². The Kier molecular flexibility index (Phi) is 11.2. The van der Waals surface area contributed by atoms with Crippen LogP contribution < -0.4 is 5.32 Å². The minimum Gasteiger partial charge on any atom is -0.475 e. The number of nitrogens with one attached hydrogen (secondary N) is 1. The van der Waals surface area contributed by atoms with E-state index >= 15 is 0 Å². The summed E-state index contributed by atoms with van der Waals surface area (Å²) in [6.07, 6.45) is -1.43. The Morgan fingerprint density at radius 2 is 1.60 bits per heavy atom. The van der Waals surface area contributed by atoms with E-state index in [4.69, 9.17) is 19.8 Å². The smallest absolute Gasteiger partial charge is 0.475 e. The largest absolute Gasteiger partial charge is 0.490 e. The van der Waals surface area contributed by atoms with E-state index in [1.165, 1.54) is 35.6 Å². The molecule has 3 aromatic rings. The van der Waals surface area contributed by atoms with Gasteiger partial charge in [-0.15, -0.1) is 5.10 Å². The van der Waals surface area contributed by atoms with E-state index in [-0.39, 0.29) is 17.9 Å². The topological polar surface area (TPSA) is 150 Å². The van der Waals surface area contributed by atoms with E-state index in [2.05, 4.69) is 68.3 Å². The molecule has 248 valence electrons. The average Bonchev–Trinajstić information content (AvgIpc) is 3.56. The highest BCUT2D eigenvalue weighted by Crippen LogP contribution is 2.49. The summed E-state index contributed by atoms with van der Waals surface area (Å²) in [7, 11) is 0. The minimum atomic E-state index is -5.08. The molecule has 0 radical (unpaired) electrons. The maximum atomic E-state index is 12.6. The molecule has 3 aromatic heterocycles. The standard InChI is InChI=1S/C23H30N6OS.2C2HF3O2/c1-15(2)21-20(26-27-31-21)22(30)25-17-10-23(11-17)6-8-28(9-7-23)14-18-12-24-19-5-4-16(3)13-29(18)19;2*3-2(4,5)1(6)7/h4-5,12-13,15,17H,6-11,14H2,1-3H3,(H,25,30);2*(H,6,7). The predicted molar refractivity (Wildman–Crippen MR) is 149 cm³/mol. The van der Waals surface area contributed by atoms with Crippen LogP contribution in [-0.2, 0) is 16.1 Å². The molecule has 1 saturated carbocycles. The highest BCUT2D eigenvalue weighted by Gasteiger charge is 2.46. The molecule has 5 rings (SSSR count). The summed E-state index contributed by atoms with van der Waals surface area (Å²) in [6.45, 7) is 9.42. The number of fused-ring (bicyclic) bond motifs is 1. The molecule has 0 aromatic carbocycles. The number of carboxylic acid groups (broad SMARTS) is 2. The third kappa shape index (κ3) is 9.59. The second-order valence-electron chi connectivity index (χ2n) is 11.3. The number of hydrogen-bond donors (Lipinski definition) is 3. The third-order valence-electron chi connectivity index (χ3n) is 7.46. The number of rotatable bonds is 5. The van der Waals surface area contributed by atoms with Crippen molar-refractivity contribution in [2.24, 2.45) is 5.41 Å². The van der Waals surface area contributed by atoms with Gasteiger partial charge in [0.05, 0.1) is 16.8 Å². The van der Waals surface area contributed by atoms with E-state index < -0.39 is 24.3 Å². The summed E-state index contributed by atoms with van der Waals surface area (Å²) >= 11 is 1.33. The molecule has 4 heterocycles. The first-order valence-corrected chi connectivity index (χ1v) is 14.5. The molecular formula is C27H32F6N6O5S. The van der Waals surface area contributed by atoms with Crippen LogP contribution >= 0.6 is 11.5 Å². The highest BCUT2D eigenvalue weighted by atomic mass is 32.1. The molecule has 2 fully saturated rings. The second kappa shape index (κ2) is 14.1. The number of imidazole rings is 1. The van der Waals surface area contributed by atoms with Crippen LogP contribution in [0.2, 0.25) is 0 Å². The number of amides is 1. The van der Waals surface area contributed by atoms with Crippen LogP contribution in [0.15, 0.2) is 24.5 Å². The lowest BCUT2D eigenvalue weighted by atomic mass is 9.60. The van der Waals surface area contributed by atoms with Gasteiger partial charge in [0.1, 0.15) is 5.65 Å². The quantitative estimate of drug-likeness (QED) is 0.318. The molecule has 2 aliphatic rings. The van der Waals surface area contributed by atoms with Crippen LogP contribution in [0.3, 0.4) is 0 Å². The van der Waals surface area contributed by atoms with Gasteiger partial charge in [0, 0.05) is 18.8 Å². The summed E-state index contributed by atoms with van der Waals surface area (Å²) in [5.41, 5.74) is 4.43. The maximum absolute atomic E-state index is 12.6. The van der Waals surface area contributed by atoms with Crippen LogP contribution in [0.25, 0.3) is 5.65 Å². The number of likely N-dealkylation sites (tertiary alicyclic amines) is 1. The second-order valence-corrected chi connectivity index (χ2v) is 12.1. The molecule has 1 aliphatic heterocycles. The molecule has 1 saturated heterocycles. The van der Waals surface area contributed by atoms with Gasteiger partial charge in [0.2, 0.25) is 0 Å². The van der Waals surface area contributed by atoms with E-state index in [0.717, 1.165) is 43.0 Å². The molecule has 1 amide bonds. The fourth-order valence-corrected chi connectivity index (χ4v) is 5.79. The summed E-state index contributed by atoms with van der Waals surface area (Å²) in [4.78, 5) is 38.5. The van der Waals surface area contributed by atoms with Gasteiger partial charge in [-0.3, -0.25) is 9.69 Å². The Morgan fingerprint density at radius 1 is 1.04 bits per heavy atom. The Labute approximate surface area is 257 Å². The molecule has 45 heavy (non-hydrogen) atoms. The molecule has 11 nitrogen and oxygen atoms in total. The van der Waals surface area contributed by atoms with Crippen LogP contribution in [0.1, 0.15) is 72.1 Å². The lowest BCUT2D eigenvalue weighted by Gasteiger charge is -2.52. The number of carbonyl (C=O) groups excluding carboxylic acids is 1. The molecule has 18 heteroatoms. The number of carboxylic acids is 2. The molecule has 0 atom stereocenters. The number of carbonyl (C=O) groups is 3. The molecule has 3 N–H and O–H groups in total. The molecular weight excluding hydrogens is 634 g/mol. The van der Waals surface area contributed by atoms with Crippen molar-refractivity contribution in [3.63, 3.8) is 0 Å². The van der Waals surface area contributed by atoms with Crippen molar-refractivity contribution in [2.45, 2.75) is 77.3 Å². The van der Waals surface area contributed by atoms with Crippen molar-refractivity contribution in [1.29, 1.82) is 0 Å². The first kappa shape index (κ1) is 35.7. The summed E-state index contributed by atoms with van der Waals surface area (Å²) < 4.78 is 69.7. The van der Waals surface area contributed by atoms with Crippen LogP contribution in [-0.4, -0.2) is 83.4 Å². The molecule has 1 spiro atoms. The Bertz CT molecular complexity index is 1470. The zero-order valence-electron chi connectivity index (χ0n) is 24.4. The first-order chi connectivity index (χ1) is 20.8. The van der Waals surface area contributed by atoms with Gasteiger partial charge < -0.3 is 19.9 Å². The van der Waals surface area contributed by atoms with Crippen LogP contribution in [0.4, 0.5) is 26.3 Å². The van der Waals surface area contributed by atoms with Crippen molar-refractivity contribution in [3.05, 3.63) is 46.4 Å². The number of piperidine rings is 1. The van der Waals surface area contributed by atoms with E-state index in [1.54, 1.807) is 0 Å². The summed E-state index contributed by atoms with van der Waals surface area (Å²) in [5, 5.41) is 21.5. The van der Waals surface area contributed by atoms with Gasteiger partial charge >= 0.3 is 24.3 Å². The fourth-order valence-electron chi connectivity index (χ4n) is 5.15. The average molecular weight is 667 g/mol. The van der Waals surface area contributed by atoms with E-state index in [9.17, 15) is 31.1 Å². The highest BCUT2D eigenvalue weighted by molar-refractivity contribution is 7.05. The van der Waals surface area contributed by atoms with Gasteiger partial charge in [-0.25, -0.2) is 14.6 Å². The normalized spacial score (nSPS) is 16.8. The monoisotopic (exact) mass is 666 g/mol. The number of aryl methyl sites for hydroxylation is 1. The van der Waals surface area contributed by atoms with Gasteiger partial charge in [-0.05, 0) is 80.2 Å². The lowest BCUT2D eigenvalue weighted by Crippen LogP contribution is -2.54. The fraction of sp³-hybridized carbons (Fsp3) is 0.556. The Hall–Kier alpha value is -3.80. The van der Waals surface area contributed by atoms with Crippen molar-refractivity contribution >= 4 is 35.0 Å². The number of aromatic nitrogens is 4. The number of pyridine rings is 1. The van der Waals surface area contributed by atoms with Crippen molar-refractivity contribution < 1.29 is 50.9 Å². The molecule has 0 unspecified atom stereocenters.